The van der Waals surface area contributed by atoms with Gasteiger partial charge in [-0.05, 0) is 31.2 Å². The fourth-order valence-corrected chi connectivity index (χ4v) is 2.08. The molecular formula is C12H18BrN. The number of hydrogen-bond acceptors (Lipinski definition) is 1. The molecule has 0 saturated carbocycles. The molecule has 1 nitrogen and oxygen atoms in total. The number of benzene rings is 1. The smallest absolute Gasteiger partial charge is 0.0178 e. The largest absolute Gasteiger partial charge is 0.319 e. The van der Waals surface area contributed by atoms with Gasteiger partial charge in [-0.3, -0.25) is 0 Å². The molecule has 0 aliphatic heterocycles. The SMILES string of the molecule is CCC(C)(CNC)c1cccc(Br)c1. The lowest BCUT2D eigenvalue weighted by Gasteiger charge is -2.28. The van der Waals surface area contributed by atoms with Crippen LogP contribution < -0.4 is 5.32 Å². The van der Waals surface area contributed by atoms with Gasteiger partial charge in [0.15, 0.2) is 0 Å². The van der Waals surface area contributed by atoms with Crippen molar-refractivity contribution in [1.82, 2.24) is 5.32 Å². The zero-order valence-corrected chi connectivity index (χ0v) is 10.7. The Morgan fingerprint density at radius 3 is 2.64 bits per heavy atom. The van der Waals surface area contributed by atoms with Crippen LogP contribution in [0.1, 0.15) is 25.8 Å². The van der Waals surface area contributed by atoms with Crippen LogP contribution in [0.4, 0.5) is 0 Å². The molecule has 1 atom stereocenters. The van der Waals surface area contributed by atoms with Crippen LogP contribution in [0.15, 0.2) is 28.7 Å². The van der Waals surface area contributed by atoms with E-state index in [0.717, 1.165) is 17.4 Å². The van der Waals surface area contributed by atoms with Crippen molar-refractivity contribution in [2.24, 2.45) is 0 Å². The minimum absolute atomic E-state index is 0.235. The van der Waals surface area contributed by atoms with Crippen molar-refractivity contribution >= 4 is 15.9 Å². The van der Waals surface area contributed by atoms with Crippen LogP contribution in [0.5, 0.6) is 0 Å². The molecule has 0 aliphatic rings. The van der Waals surface area contributed by atoms with Gasteiger partial charge in [0.1, 0.15) is 0 Å². The van der Waals surface area contributed by atoms with Crippen molar-refractivity contribution in [2.75, 3.05) is 13.6 Å². The maximum Gasteiger partial charge on any atom is 0.0178 e. The molecular weight excluding hydrogens is 238 g/mol. The fraction of sp³-hybridized carbons (Fsp3) is 0.500. The minimum Gasteiger partial charge on any atom is -0.319 e. The van der Waals surface area contributed by atoms with E-state index in [-0.39, 0.29) is 5.41 Å². The zero-order chi connectivity index (χ0) is 10.6. The Labute approximate surface area is 95.0 Å². The molecule has 1 aromatic rings. The molecule has 0 amide bonds. The summed E-state index contributed by atoms with van der Waals surface area (Å²) in [6.45, 7) is 5.55. The van der Waals surface area contributed by atoms with E-state index in [1.807, 2.05) is 7.05 Å². The van der Waals surface area contributed by atoms with Crippen molar-refractivity contribution < 1.29 is 0 Å². The maximum absolute atomic E-state index is 3.51. The van der Waals surface area contributed by atoms with Crippen LogP contribution in [0.3, 0.4) is 0 Å². The van der Waals surface area contributed by atoms with Gasteiger partial charge >= 0.3 is 0 Å². The van der Waals surface area contributed by atoms with Crippen molar-refractivity contribution in [3.8, 4) is 0 Å². The molecule has 1 unspecified atom stereocenters. The molecule has 0 fully saturated rings. The zero-order valence-electron chi connectivity index (χ0n) is 9.10. The van der Waals surface area contributed by atoms with Gasteiger partial charge in [-0.15, -0.1) is 0 Å². The van der Waals surface area contributed by atoms with Gasteiger partial charge in [0.05, 0.1) is 0 Å². The summed E-state index contributed by atoms with van der Waals surface area (Å²) in [6.07, 6.45) is 1.14. The molecule has 0 aromatic heterocycles. The van der Waals surface area contributed by atoms with E-state index >= 15 is 0 Å². The summed E-state index contributed by atoms with van der Waals surface area (Å²) in [4.78, 5) is 0. The van der Waals surface area contributed by atoms with E-state index in [0.29, 0.717) is 0 Å². The summed E-state index contributed by atoms with van der Waals surface area (Å²) >= 11 is 3.51. The Balaban J connectivity index is 2.99. The molecule has 0 bridgehead atoms. The van der Waals surface area contributed by atoms with Crippen LogP contribution in [0, 0.1) is 0 Å². The minimum atomic E-state index is 0.235. The Morgan fingerprint density at radius 1 is 1.43 bits per heavy atom. The van der Waals surface area contributed by atoms with Gasteiger partial charge in [0, 0.05) is 16.4 Å². The van der Waals surface area contributed by atoms with Crippen LogP contribution in [-0.4, -0.2) is 13.6 Å². The Hall–Kier alpha value is -0.340. The van der Waals surface area contributed by atoms with Gasteiger partial charge < -0.3 is 5.32 Å². The highest BCUT2D eigenvalue weighted by atomic mass is 79.9. The van der Waals surface area contributed by atoms with Gasteiger partial charge in [0.2, 0.25) is 0 Å². The summed E-state index contributed by atoms with van der Waals surface area (Å²) in [7, 11) is 2.01. The van der Waals surface area contributed by atoms with Crippen molar-refractivity contribution in [2.45, 2.75) is 25.7 Å². The Bertz CT molecular complexity index is 298. The third-order valence-corrected chi connectivity index (χ3v) is 3.36. The fourth-order valence-electron chi connectivity index (χ4n) is 1.69. The highest BCUT2D eigenvalue weighted by Gasteiger charge is 2.23. The van der Waals surface area contributed by atoms with E-state index in [1.54, 1.807) is 0 Å². The first kappa shape index (κ1) is 11.7. The topological polar surface area (TPSA) is 12.0 Å². The quantitative estimate of drug-likeness (QED) is 0.871. The monoisotopic (exact) mass is 255 g/mol. The lowest BCUT2D eigenvalue weighted by Crippen LogP contribution is -2.33. The summed E-state index contributed by atoms with van der Waals surface area (Å²) in [5, 5.41) is 3.26. The molecule has 0 aliphatic carbocycles. The summed E-state index contributed by atoms with van der Waals surface area (Å²) in [5.41, 5.74) is 1.63. The first-order chi connectivity index (χ1) is 6.62. The molecule has 1 aromatic carbocycles. The summed E-state index contributed by atoms with van der Waals surface area (Å²) < 4.78 is 1.16. The molecule has 1 rings (SSSR count). The summed E-state index contributed by atoms with van der Waals surface area (Å²) in [5.74, 6) is 0. The third-order valence-electron chi connectivity index (χ3n) is 2.87. The molecule has 0 spiro atoms. The second-order valence-electron chi connectivity index (χ2n) is 3.95. The first-order valence-corrected chi connectivity index (χ1v) is 5.82. The van der Waals surface area contributed by atoms with Crippen LogP contribution in [0.25, 0.3) is 0 Å². The molecule has 1 N–H and O–H groups in total. The maximum atomic E-state index is 3.51. The van der Waals surface area contributed by atoms with Crippen LogP contribution in [-0.2, 0) is 5.41 Å². The Morgan fingerprint density at radius 2 is 2.14 bits per heavy atom. The van der Waals surface area contributed by atoms with Gasteiger partial charge in [-0.1, -0.05) is 41.9 Å². The van der Waals surface area contributed by atoms with Gasteiger partial charge in [0.25, 0.3) is 0 Å². The van der Waals surface area contributed by atoms with Crippen molar-refractivity contribution in [1.29, 1.82) is 0 Å². The van der Waals surface area contributed by atoms with E-state index in [9.17, 15) is 0 Å². The third kappa shape index (κ3) is 2.58. The number of likely N-dealkylation sites (N-methyl/N-ethyl adjacent to an activating group) is 1. The number of nitrogens with one attached hydrogen (secondary N) is 1. The summed E-state index contributed by atoms with van der Waals surface area (Å²) in [6, 6.07) is 8.58. The normalized spacial score (nSPS) is 15.1. The van der Waals surface area contributed by atoms with Crippen molar-refractivity contribution in [3.63, 3.8) is 0 Å². The number of hydrogen-bond donors (Lipinski definition) is 1. The average Bonchev–Trinajstić information content (AvgIpc) is 2.18. The van der Waals surface area contributed by atoms with Crippen LogP contribution >= 0.6 is 15.9 Å². The lowest BCUT2D eigenvalue weighted by atomic mass is 9.80. The van der Waals surface area contributed by atoms with Crippen molar-refractivity contribution in [3.05, 3.63) is 34.3 Å². The average molecular weight is 256 g/mol. The molecule has 2 heteroatoms. The highest BCUT2D eigenvalue weighted by Crippen LogP contribution is 2.28. The van der Waals surface area contributed by atoms with E-state index in [4.69, 9.17) is 0 Å². The molecule has 0 radical (unpaired) electrons. The van der Waals surface area contributed by atoms with E-state index in [1.165, 1.54) is 5.56 Å². The molecule has 78 valence electrons. The van der Waals surface area contributed by atoms with E-state index in [2.05, 4.69) is 59.4 Å². The number of halogens is 1. The first-order valence-electron chi connectivity index (χ1n) is 5.03. The molecule has 0 saturated heterocycles. The second kappa shape index (κ2) is 4.94. The molecule has 0 heterocycles. The Kier molecular flexibility index (Phi) is 4.14. The standard InChI is InChI=1S/C12H18BrN/c1-4-12(2,9-14-3)10-6-5-7-11(13)8-10/h5-8,14H,4,9H2,1-3H3. The second-order valence-corrected chi connectivity index (χ2v) is 4.87. The highest BCUT2D eigenvalue weighted by molar-refractivity contribution is 9.10. The predicted octanol–water partition coefficient (Wildman–Crippen LogP) is 3.34. The van der Waals surface area contributed by atoms with E-state index < -0.39 is 0 Å². The molecule has 14 heavy (non-hydrogen) atoms. The number of rotatable bonds is 4. The predicted molar refractivity (Wildman–Crippen MR) is 65.7 cm³/mol. The van der Waals surface area contributed by atoms with Gasteiger partial charge in [-0.2, -0.15) is 0 Å². The van der Waals surface area contributed by atoms with Crippen LogP contribution in [0.2, 0.25) is 0 Å². The lowest BCUT2D eigenvalue weighted by molar-refractivity contribution is 0.433. The van der Waals surface area contributed by atoms with Gasteiger partial charge in [-0.25, -0.2) is 0 Å².